The molecule has 0 radical (unpaired) electrons. The summed E-state index contributed by atoms with van der Waals surface area (Å²) >= 11 is 8.01. The van der Waals surface area contributed by atoms with Crippen LogP contribution in [0.25, 0.3) is 22.3 Å². The average Bonchev–Trinajstić information content (AvgIpc) is 3.43. The van der Waals surface area contributed by atoms with Gasteiger partial charge in [-0.05, 0) is 56.3 Å². The molecule has 170 valence electrons. The van der Waals surface area contributed by atoms with Gasteiger partial charge in [0, 0.05) is 25.9 Å². The van der Waals surface area contributed by atoms with Crippen molar-refractivity contribution in [1.29, 1.82) is 0 Å². The number of carbonyl (C=O) groups is 1. The number of ether oxygens (including phenoxy) is 1. The second-order valence-corrected chi connectivity index (χ2v) is 9.26. The van der Waals surface area contributed by atoms with Crippen molar-refractivity contribution in [3.05, 3.63) is 101 Å². The van der Waals surface area contributed by atoms with Gasteiger partial charge in [-0.15, -0.1) is 0 Å². The summed E-state index contributed by atoms with van der Waals surface area (Å²) in [5.41, 5.74) is 4.55. The first-order valence-corrected chi connectivity index (χ1v) is 12.1. The molecule has 5 aromatic rings. The van der Waals surface area contributed by atoms with Crippen LogP contribution in [0.2, 0.25) is 5.02 Å². The zero-order chi connectivity index (χ0) is 23.7. The van der Waals surface area contributed by atoms with Gasteiger partial charge in [0.05, 0.1) is 41.5 Å². The second kappa shape index (κ2) is 9.41. The Balaban J connectivity index is 1.59. The number of fused-ring (bicyclic) bond motifs is 1. The standard InChI is InChI=1S/C27H22ClN3O2S/c1-3-33-27(32)19-8-7-11-23(14-19)34-26-18(2)31(25-15-20(28)12-13-24(25)26)22-16-29-30(17-22)21-9-5-4-6-10-21/h4-17H,3H2,1-2H3. The molecule has 2 heterocycles. The van der Waals surface area contributed by atoms with Crippen LogP contribution in [0.5, 0.6) is 0 Å². The number of halogens is 1. The maximum Gasteiger partial charge on any atom is 0.338 e. The lowest BCUT2D eigenvalue weighted by molar-refractivity contribution is 0.0526. The van der Waals surface area contributed by atoms with E-state index in [2.05, 4.69) is 16.6 Å². The lowest BCUT2D eigenvalue weighted by Crippen LogP contribution is -2.04. The molecule has 0 saturated carbocycles. The molecule has 0 unspecified atom stereocenters. The van der Waals surface area contributed by atoms with Gasteiger partial charge >= 0.3 is 5.97 Å². The molecule has 34 heavy (non-hydrogen) atoms. The summed E-state index contributed by atoms with van der Waals surface area (Å²) in [6.07, 6.45) is 3.87. The van der Waals surface area contributed by atoms with Gasteiger partial charge in [-0.1, -0.05) is 53.7 Å². The van der Waals surface area contributed by atoms with Crippen molar-refractivity contribution in [3.63, 3.8) is 0 Å². The Kier molecular flexibility index (Phi) is 6.18. The van der Waals surface area contributed by atoms with Crippen LogP contribution in [-0.4, -0.2) is 26.9 Å². The highest BCUT2D eigenvalue weighted by Crippen LogP contribution is 2.40. The van der Waals surface area contributed by atoms with E-state index >= 15 is 0 Å². The maximum atomic E-state index is 12.2. The quantitative estimate of drug-likeness (QED) is 0.239. The van der Waals surface area contributed by atoms with E-state index in [0.717, 1.165) is 37.8 Å². The minimum atomic E-state index is -0.316. The first-order chi connectivity index (χ1) is 16.5. The molecule has 0 N–H and O–H groups in total. The molecule has 5 rings (SSSR count). The zero-order valence-electron chi connectivity index (χ0n) is 18.7. The fourth-order valence-electron chi connectivity index (χ4n) is 3.99. The van der Waals surface area contributed by atoms with Crippen molar-refractivity contribution < 1.29 is 9.53 Å². The summed E-state index contributed by atoms with van der Waals surface area (Å²) in [6.45, 7) is 4.24. The molecule has 0 amide bonds. The van der Waals surface area contributed by atoms with E-state index < -0.39 is 0 Å². The zero-order valence-corrected chi connectivity index (χ0v) is 20.3. The molecule has 0 spiro atoms. The van der Waals surface area contributed by atoms with Gasteiger partial charge in [0.1, 0.15) is 0 Å². The SMILES string of the molecule is CCOC(=O)c1cccc(Sc2c(C)n(-c3cnn(-c4ccccc4)c3)c3cc(Cl)ccc23)c1. The topological polar surface area (TPSA) is 49.1 Å². The number of esters is 1. The Hall–Kier alpha value is -3.48. The Morgan fingerprint density at radius 1 is 1.03 bits per heavy atom. The summed E-state index contributed by atoms with van der Waals surface area (Å²) in [7, 11) is 0. The number of aromatic nitrogens is 3. The van der Waals surface area contributed by atoms with Crippen molar-refractivity contribution in [2.45, 2.75) is 23.6 Å². The third kappa shape index (κ3) is 4.22. The van der Waals surface area contributed by atoms with Crippen LogP contribution < -0.4 is 0 Å². The van der Waals surface area contributed by atoms with E-state index in [1.54, 1.807) is 24.8 Å². The first-order valence-electron chi connectivity index (χ1n) is 10.9. The molecule has 0 bridgehead atoms. The van der Waals surface area contributed by atoms with Gasteiger partial charge in [0.25, 0.3) is 0 Å². The minimum Gasteiger partial charge on any atom is -0.462 e. The van der Waals surface area contributed by atoms with Gasteiger partial charge in [-0.2, -0.15) is 5.10 Å². The molecule has 7 heteroatoms. The number of benzene rings is 3. The van der Waals surface area contributed by atoms with Gasteiger partial charge in [0.15, 0.2) is 0 Å². The van der Waals surface area contributed by atoms with Crippen molar-refractivity contribution in [2.24, 2.45) is 0 Å². The van der Waals surface area contributed by atoms with E-state index in [9.17, 15) is 4.79 Å². The summed E-state index contributed by atoms with van der Waals surface area (Å²) in [6, 6.07) is 23.5. The van der Waals surface area contributed by atoms with E-state index in [4.69, 9.17) is 16.3 Å². The van der Waals surface area contributed by atoms with Crippen LogP contribution >= 0.6 is 23.4 Å². The predicted octanol–water partition coefficient (Wildman–Crippen LogP) is 7.11. The largest absolute Gasteiger partial charge is 0.462 e. The monoisotopic (exact) mass is 487 g/mol. The highest BCUT2D eigenvalue weighted by molar-refractivity contribution is 7.99. The van der Waals surface area contributed by atoms with Crippen LogP contribution in [0.4, 0.5) is 0 Å². The van der Waals surface area contributed by atoms with Gasteiger partial charge in [-0.3, -0.25) is 0 Å². The lowest BCUT2D eigenvalue weighted by atomic mass is 10.2. The third-order valence-electron chi connectivity index (χ3n) is 5.52. The Bertz CT molecular complexity index is 1490. The highest BCUT2D eigenvalue weighted by Gasteiger charge is 2.19. The van der Waals surface area contributed by atoms with Crippen LogP contribution in [0.3, 0.4) is 0 Å². The van der Waals surface area contributed by atoms with Crippen molar-refractivity contribution in [2.75, 3.05) is 6.61 Å². The lowest BCUT2D eigenvalue weighted by Gasteiger charge is -2.07. The fourth-order valence-corrected chi connectivity index (χ4v) is 5.25. The second-order valence-electron chi connectivity index (χ2n) is 7.74. The van der Waals surface area contributed by atoms with E-state index in [1.807, 2.05) is 83.8 Å². The summed E-state index contributed by atoms with van der Waals surface area (Å²) < 4.78 is 9.20. The number of hydrogen-bond acceptors (Lipinski definition) is 4. The molecule has 0 atom stereocenters. The van der Waals surface area contributed by atoms with Crippen molar-refractivity contribution in [3.8, 4) is 11.4 Å². The minimum absolute atomic E-state index is 0.316. The molecule has 0 aliphatic carbocycles. The highest BCUT2D eigenvalue weighted by atomic mass is 35.5. The first kappa shape index (κ1) is 22.3. The molecule has 3 aromatic carbocycles. The molecular formula is C27H22ClN3O2S. The number of hydrogen-bond donors (Lipinski definition) is 0. The molecule has 5 nitrogen and oxygen atoms in total. The molecule has 0 saturated heterocycles. The van der Waals surface area contributed by atoms with Crippen molar-refractivity contribution >= 4 is 40.2 Å². The molecule has 0 aliphatic heterocycles. The number of carbonyl (C=O) groups excluding carboxylic acids is 1. The van der Waals surface area contributed by atoms with Gasteiger partial charge in [0.2, 0.25) is 0 Å². The van der Waals surface area contributed by atoms with Crippen LogP contribution in [0.1, 0.15) is 23.0 Å². The summed E-state index contributed by atoms with van der Waals surface area (Å²) in [4.78, 5) is 14.3. The van der Waals surface area contributed by atoms with E-state index in [-0.39, 0.29) is 5.97 Å². The Morgan fingerprint density at radius 3 is 2.65 bits per heavy atom. The van der Waals surface area contributed by atoms with E-state index in [1.165, 1.54) is 0 Å². The predicted molar refractivity (Wildman–Crippen MR) is 137 cm³/mol. The molecular weight excluding hydrogens is 466 g/mol. The molecule has 0 aliphatic rings. The Morgan fingerprint density at radius 2 is 1.85 bits per heavy atom. The van der Waals surface area contributed by atoms with Gasteiger partial charge < -0.3 is 9.30 Å². The smallest absolute Gasteiger partial charge is 0.338 e. The maximum absolute atomic E-state index is 12.2. The summed E-state index contributed by atoms with van der Waals surface area (Å²) in [5.74, 6) is -0.316. The number of para-hydroxylation sites is 1. The normalized spacial score (nSPS) is 11.1. The Labute approximate surface area is 206 Å². The average molecular weight is 488 g/mol. The van der Waals surface area contributed by atoms with E-state index in [0.29, 0.717) is 17.2 Å². The summed E-state index contributed by atoms with van der Waals surface area (Å²) in [5, 5.41) is 6.33. The van der Waals surface area contributed by atoms with Crippen LogP contribution in [-0.2, 0) is 4.74 Å². The number of nitrogens with zero attached hydrogens (tertiary/aromatic N) is 3. The molecule has 2 aromatic heterocycles. The molecule has 0 fully saturated rings. The van der Waals surface area contributed by atoms with Gasteiger partial charge in [-0.25, -0.2) is 9.48 Å². The fraction of sp³-hybridized carbons (Fsp3) is 0.111. The van der Waals surface area contributed by atoms with Crippen molar-refractivity contribution in [1.82, 2.24) is 14.3 Å². The number of rotatable bonds is 6. The van der Waals surface area contributed by atoms with Crippen LogP contribution in [0.15, 0.2) is 95.0 Å². The third-order valence-corrected chi connectivity index (χ3v) is 6.97. The van der Waals surface area contributed by atoms with Crippen LogP contribution in [0, 0.1) is 6.92 Å².